The van der Waals surface area contributed by atoms with Crippen LogP contribution in [0, 0.1) is 13.8 Å². The Morgan fingerprint density at radius 3 is 1.49 bits per heavy atom. The quantitative estimate of drug-likeness (QED) is 0.164. The Kier molecular flexibility index (Phi) is 6.84. The van der Waals surface area contributed by atoms with Crippen LogP contribution in [0.2, 0.25) is 0 Å². The van der Waals surface area contributed by atoms with Gasteiger partial charge < -0.3 is 9.13 Å². The zero-order valence-corrected chi connectivity index (χ0v) is 30.8. The molecule has 0 aliphatic rings. The largest absolute Gasteiger partial charge is 0.305 e. The molecule has 256 valence electrons. The molecule has 0 aliphatic carbocycles. The maximum atomic E-state index is 2.54. The van der Waals surface area contributed by atoms with Crippen LogP contribution in [-0.2, 0) is 5.41 Å². The molecule has 3 heterocycles. The highest BCUT2D eigenvalue weighted by Gasteiger charge is 2.33. The third-order valence-corrected chi connectivity index (χ3v) is 11.2. The molecule has 10 rings (SSSR count). The van der Waals surface area contributed by atoms with Gasteiger partial charge in [-0.15, -0.1) is 0 Å². The van der Waals surface area contributed by atoms with Crippen molar-refractivity contribution in [2.45, 2.75) is 40.0 Å². The monoisotopic (exact) mass is 685 g/mol. The molecular weight excluding hydrogens is 645 g/mol. The third-order valence-electron chi connectivity index (χ3n) is 11.2. The van der Waals surface area contributed by atoms with Crippen molar-refractivity contribution in [3.63, 3.8) is 0 Å². The molecule has 0 unspecified atom stereocenters. The van der Waals surface area contributed by atoms with Gasteiger partial charge in [0.2, 0.25) is 0 Å². The molecule has 7 aromatic carbocycles. The van der Waals surface area contributed by atoms with Gasteiger partial charge >= 0.3 is 0 Å². The highest BCUT2D eigenvalue weighted by molar-refractivity contribution is 6.22. The zero-order valence-electron chi connectivity index (χ0n) is 30.8. The summed E-state index contributed by atoms with van der Waals surface area (Å²) >= 11 is 0. The number of rotatable bonds is 4. The first-order valence-corrected chi connectivity index (χ1v) is 18.6. The van der Waals surface area contributed by atoms with E-state index in [1.54, 1.807) is 0 Å². The minimum Gasteiger partial charge on any atom is -0.305 e. The number of nitrogens with zero attached hydrogens (tertiary/aromatic N) is 4. The van der Waals surface area contributed by atoms with Gasteiger partial charge in [-0.3, -0.25) is 0 Å². The van der Waals surface area contributed by atoms with Gasteiger partial charge in [0.25, 0.3) is 5.82 Å². The van der Waals surface area contributed by atoms with Gasteiger partial charge in [0.05, 0.1) is 11.0 Å². The number of fused-ring (bicyclic) bond motifs is 7. The van der Waals surface area contributed by atoms with Gasteiger partial charge in [-0.25, -0.2) is 0 Å². The second-order valence-electron chi connectivity index (χ2n) is 15.3. The summed E-state index contributed by atoms with van der Waals surface area (Å²) < 4.78 is 9.99. The predicted molar refractivity (Wildman–Crippen MR) is 222 cm³/mol. The summed E-state index contributed by atoms with van der Waals surface area (Å²) in [6.45, 7) is 11.5. The molecule has 3 aromatic heterocycles. The van der Waals surface area contributed by atoms with Gasteiger partial charge in [-0.05, 0) is 84.1 Å². The van der Waals surface area contributed by atoms with Crippen molar-refractivity contribution in [2.24, 2.45) is 0 Å². The van der Waals surface area contributed by atoms with E-state index < -0.39 is 0 Å². The fourth-order valence-electron chi connectivity index (χ4n) is 9.00. The lowest BCUT2D eigenvalue weighted by atomic mass is 9.83. The SMILES string of the molecule is Cc1c(-n2c(C)[n+](-c3c4c(cc5c6ccccc6n(-c6ccccc6)c35)c3ccccc3n4-c3ccccc3)c3ccccc32)cccc1C(C)(C)C. The number of aromatic nitrogens is 4. The van der Waals surface area contributed by atoms with Crippen molar-refractivity contribution in [3.05, 3.63) is 175 Å². The van der Waals surface area contributed by atoms with Crippen LogP contribution in [0.1, 0.15) is 37.7 Å². The van der Waals surface area contributed by atoms with Gasteiger partial charge in [0.1, 0.15) is 16.7 Å². The summed E-state index contributed by atoms with van der Waals surface area (Å²) in [6.07, 6.45) is 0. The maximum Gasteiger partial charge on any atom is 0.264 e. The van der Waals surface area contributed by atoms with Crippen LogP contribution >= 0.6 is 0 Å². The highest BCUT2D eigenvalue weighted by Crippen LogP contribution is 2.43. The van der Waals surface area contributed by atoms with Crippen LogP contribution in [0.5, 0.6) is 0 Å². The van der Waals surface area contributed by atoms with Gasteiger partial charge in [0.15, 0.2) is 16.7 Å². The first kappa shape index (κ1) is 31.4. The van der Waals surface area contributed by atoms with Gasteiger partial charge in [0, 0.05) is 39.8 Å². The summed E-state index contributed by atoms with van der Waals surface area (Å²) in [6, 6.07) is 57.6. The smallest absolute Gasteiger partial charge is 0.264 e. The summed E-state index contributed by atoms with van der Waals surface area (Å²) in [5.41, 5.74) is 14.4. The van der Waals surface area contributed by atoms with E-state index >= 15 is 0 Å². The standard InChI is InChI=1S/C49H41N4/c1-32-40(49(3,4)5)25-18-30-41(32)50-33(2)51(45-29-17-16-28-44(45)50)48-46-38(36-23-12-14-26-42(36)52(46)34-19-8-6-9-20-34)31-39-37-24-13-15-27-43(37)53(47(39)48)35-21-10-7-11-22-35/h6-31H,1-5H3/q+1. The van der Waals surface area contributed by atoms with E-state index in [9.17, 15) is 0 Å². The molecule has 10 aromatic rings. The minimum atomic E-state index is 0.0118. The molecule has 0 fully saturated rings. The van der Waals surface area contributed by atoms with E-state index in [2.05, 4.69) is 211 Å². The molecule has 0 spiro atoms. The molecule has 0 N–H and O–H groups in total. The maximum absolute atomic E-state index is 2.54. The van der Waals surface area contributed by atoms with Crippen LogP contribution in [0.3, 0.4) is 0 Å². The van der Waals surface area contributed by atoms with Crippen molar-refractivity contribution >= 4 is 54.6 Å². The summed E-state index contributed by atoms with van der Waals surface area (Å²) in [5.74, 6) is 1.14. The van der Waals surface area contributed by atoms with Gasteiger partial charge in [-0.1, -0.05) is 118 Å². The third kappa shape index (κ3) is 4.51. The average molecular weight is 686 g/mol. The summed E-state index contributed by atoms with van der Waals surface area (Å²) in [5, 5.41) is 4.94. The number of imidazole rings is 1. The summed E-state index contributed by atoms with van der Waals surface area (Å²) in [4.78, 5) is 0. The Hall–Kier alpha value is -6.39. The molecular formula is C49H41N4+. The number of hydrogen-bond donors (Lipinski definition) is 0. The molecule has 0 atom stereocenters. The molecule has 4 nitrogen and oxygen atoms in total. The Morgan fingerprint density at radius 1 is 0.453 bits per heavy atom. The molecule has 53 heavy (non-hydrogen) atoms. The lowest BCUT2D eigenvalue weighted by Gasteiger charge is -2.22. The van der Waals surface area contributed by atoms with Crippen molar-refractivity contribution in [1.82, 2.24) is 13.7 Å². The number of para-hydroxylation sites is 6. The molecule has 0 saturated carbocycles. The molecule has 0 bridgehead atoms. The van der Waals surface area contributed by atoms with Crippen LogP contribution in [0.15, 0.2) is 158 Å². The summed E-state index contributed by atoms with van der Waals surface area (Å²) in [7, 11) is 0. The minimum absolute atomic E-state index is 0.0118. The lowest BCUT2D eigenvalue weighted by molar-refractivity contribution is -0.572. The zero-order chi connectivity index (χ0) is 36.0. The molecule has 0 aliphatic heterocycles. The topological polar surface area (TPSA) is 18.7 Å². The number of hydrogen-bond acceptors (Lipinski definition) is 0. The van der Waals surface area contributed by atoms with E-state index in [1.807, 2.05) is 0 Å². The molecule has 0 saturated heterocycles. The van der Waals surface area contributed by atoms with Crippen LogP contribution < -0.4 is 4.57 Å². The molecule has 0 radical (unpaired) electrons. The Labute approximate surface area is 309 Å². The first-order chi connectivity index (χ1) is 25.8. The second kappa shape index (κ2) is 11.6. The van der Waals surface area contributed by atoms with Crippen molar-refractivity contribution in [3.8, 4) is 22.7 Å². The van der Waals surface area contributed by atoms with Crippen LogP contribution in [-0.4, -0.2) is 13.7 Å². The van der Waals surface area contributed by atoms with Crippen LogP contribution in [0.4, 0.5) is 0 Å². The van der Waals surface area contributed by atoms with E-state index in [-0.39, 0.29) is 5.41 Å². The average Bonchev–Trinajstić information content (AvgIpc) is 3.79. The Balaban J connectivity index is 1.49. The first-order valence-electron chi connectivity index (χ1n) is 18.6. The van der Waals surface area contributed by atoms with E-state index in [0.717, 1.165) is 28.4 Å². The normalized spacial score (nSPS) is 12.2. The number of benzene rings is 7. The van der Waals surface area contributed by atoms with Gasteiger partial charge in [-0.2, -0.15) is 9.13 Å². The van der Waals surface area contributed by atoms with E-state index in [4.69, 9.17) is 0 Å². The Morgan fingerprint density at radius 2 is 0.943 bits per heavy atom. The van der Waals surface area contributed by atoms with Crippen molar-refractivity contribution in [2.75, 3.05) is 0 Å². The lowest BCUT2D eigenvalue weighted by Crippen LogP contribution is -2.35. The Bertz CT molecular complexity index is 2910. The van der Waals surface area contributed by atoms with Crippen LogP contribution in [0.25, 0.3) is 77.4 Å². The highest BCUT2D eigenvalue weighted by atomic mass is 15.2. The molecule has 4 heteroatoms. The van der Waals surface area contributed by atoms with Crippen molar-refractivity contribution < 1.29 is 4.57 Å². The fraction of sp³-hybridized carbons (Fsp3) is 0.122. The van der Waals surface area contributed by atoms with E-state index in [1.165, 1.54) is 65.9 Å². The fourth-order valence-corrected chi connectivity index (χ4v) is 9.00. The predicted octanol–water partition coefficient (Wildman–Crippen LogP) is 12.0. The second-order valence-corrected chi connectivity index (χ2v) is 15.3. The van der Waals surface area contributed by atoms with E-state index in [0.29, 0.717) is 0 Å². The molecule has 0 amide bonds. The van der Waals surface area contributed by atoms with Crippen molar-refractivity contribution in [1.29, 1.82) is 0 Å².